The SMILES string of the molecule is CCNC(=O)CN1CCN(C(=O)c2ccc(-c3ccccc3)nc2C)CC1. The van der Waals surface area contributed by atoms with Crippen molar-refractivity contribution in [2.24, 2.45) is 0 Å². The van der Waals surface area contributed by atoms with E-state index in [1.807, 2.05) is 61.2 Å². The quantitative estimate of drug-likeness (QED) is 0.878. The molecule has 1 aliphatic rings. The van der Waals surface area contributed by atoms with Gasteiger partial charge in [-0.25, -0.2) is 0 Å². The molecule has 0 saturated carbocycles. The van der Waals surface area contributed by atoms with Crippen molar-refractivity contribution >= 4 is 11.8 Å². The Morgan fingerprint density at radius 2 is 1.74 bits per heavy atom. The van der Waals surface area contributed by atoms with Crippen LogP contribution in [0.1, 0.15) is 23.0 Å². The number of carbonyl (C=O) groups is 2. The third kappa shape index (κ3) is 4.71. The molecule has 6 heteroatoms. The molecule has 6 nitrogen and oxygen atoms in total. The summed E-state index contributed by atoms with van der Waals surface area (Å²) in [4.78, 5) is 33.1. The molecular weight excluding hydrogens is 340 g/mol. The third-order valence-electron chi connectivity index (χ3n) is 4.79. The van der Waals surface area contributed by atoms with Gasteiger partial charge < -0.3 is 10.2 Å². The molecule has 142 valence electrons. The minimum atomic E-state index is 0.0114. The van der Waals surface area contributed by atoms with E-state index >= 15 is 0 Å². The summed E-state index contributed by atoms with van der Waals surface area (Å²) in [6, 6.07) is 13.7. The summed E-state index contributed by atoms with van der Waals surface area (Å²) in [7, 11) is 0. The van der Waals surface area contributed by atoms with Gasteiger partial charge in [0.1, 0.15) is 0 Å². The van der Waals surface area contributed by atoms with Gasteiger partial charge >= 0.3 is 0 Å². The number of nitrogens with zero attached hydrogens (tertiary/aromatic N) is 3. The highest BCUT2D eigenvalue weighted by atomic mass is 16.2. The van der Waals surface area contributed by atoms with Crippen molar-refractivity contribution < 1.29 is 9.59 Å². The Hall–Kier alpha value is -2.73. The molecule has 2 heterocycles. The van der Waals surface area contributed by atoms with Crippen LogP contribution < -0.4 is 5.32 Å². The Bertz CT molecular complexity index is 799. The topological polar surface area (TPSA) is 65.5 Å². The Balaban J connectivity index is 1.62. The predicted molar refractivity (Wildman–Crippen MR) is 105 cm³/mol. The summed E-state index contributed by atoms with van der Waals surface area (Å²) in [6.07, 6.45) is 0. The molecule has 1 saturated heterocycles. The van der Waals surface area contributed by atoms with E-state index in [2.05, 4.69) is 15.2 Å². The Kier molecular flexibility index (Phi) is 6.19. The maximum Gasteiger partial charge on any atom is 0.255 e. The molecule has 0 unspecified atom stereocenters. The van der Waals surface area contributed by atoms with Crippen LogP contribution in [0, 0.1) is 6.92 Å². The molecule has 0 atom stereocenters. The fourth-order valence-corrected chi connectivity index (χ4v) is 3.29. The lowest BCUT2D eigenvalue weighted by Crippen LogP contribution is -2.51. The number of rotatable bonds is 5. The highest BCUT2D eigenvalue weighted by Gasteiger charge is 2.24. The van der Waals surface area contributed by atoms with Gasteiger partial charge in [0.25, 0.3) is 5.91 Å². The zero-order valence-corrected chi connectivity index (χ0v) is 15.9. The monoisotopic (exact) mass is 366 g/mol. The van der Waals surface area contributed by atoms with Crippen LogP contribution in [-0.2, 0) is 4.79 Å². The van der Waals surface area contributed by atoms with E-state index < -0.39 is 0 Å². The normalized spacial score (nSPS) is 14.8. The maximum absolute atomic E-state index is 12.9. The van der Waals surface area contributed by atoms with E-state index in [4.69, 9.17) is 0 Å². The molecule has 2 aromatic rings. The summed E-state index contributed by atoms with van der Waals surface area (Å²) in [5.41, 5.74) is 3.30. The number of amides is 2. The molecule has 2 amide bonds. The van der Waals surface area contributed by atoms with Crippen LogP contribution in [0.25, 0.3) is 11.3 Å². The molecule has 1 aromatic carbocycles. The Morgan fingerprint density at radius 3 is 2.37 bits per heavy atom. The van der Waals surface area contributed by atoms with Crippen molar-refractivity contribution in [3.63, 3.8) is 0 Å². The number of nitrogens with one attached hydrogen (secondary N) is 1. The second-order valence-electron chi connectivity index (χ2n) is 6.72. The molecule has 0 aliphatic carbocycles. The zero-order valence-electron chi connectivity index (χ0n) is 15.9. The molecule has 27 heavy (non-hydrogen) atoms. The summed E-state index contributed by atoms with van der Waals surface area (Å²) >= 11 is 0. The minimum Gasteiger partial charge on any atom is -0.355 e. The average molecular weight is 366 g/mol. The lowest BCUT2D eigenvalue weighted by Gasteiger charge is -2.34. The van der Waals surface area contributed by atoms with Gasteiger partial charge in [0.2, 0.25) is 5.91 Å². The highest BCUT2D eigenvalue weighted by Crippen LogP contribution is 2.20. The lowest BCUT2D eigenvalue weighted by atomic mass is 10.1. The number of carbonyl (C=O) groups excluding carboxylic acids is 2. The summed E-state index contributed by atoms with van der Waals surface area (Å²) < 4.78 is 0. The standard InChI is InChI=1S/C21H26N4O2/c1-3-22-20(26)15-24-11-13-25(14-12-24)21(27)18-9-10-19(23-16(18)2)17-7-5-4-6-8-17/h4-10H,3,11-15H2,1-2H3,(H,22,26). The number of benzene rings is 1. The number of hydrogen-bond donors (Lipinski definition) is 1. The van der Waals surface area contributed by atoms with Gasteiger partial charge in [0.05, 0.1) is 23.5 Å². The Morgan fingerprint density at radius 1 is 1.04 bits per heavy atom. The van der Waals surface area contributed by atoms with E-state index in [0.29, 0.717) is 44.8 Å². The minimum absolute atomic E-state index is 0.0114. The van der Waals surface area contributed by atoms with Gasteiger partial charge in [0.15, 0.2) is 0 Å². The predicted octanol–water partition coefficient (Wildman–Crippen LogP) is 1.95. The number of aromatic nitrogens is 1. The van der Waals surface area contributed by atoms with E-state index in [-0.39, 0.29) is 11.8 Å². The number of pyridine rings is 1. The fraction of sp³-hybridized carbons (Fsp3) is 0.381. The van der Waals surface area contributed by atoms with Gasteiger partial charge in [-0.3, -0.25) is 19.5 Å². The molecule has 0 bridgehead atoms. The smallest absolute Gasteiger partial charge is 0.255 e. The van der Waals surface area contributed by atoms with E-state index in [0.717, 1.165) is 17.0 Å². The number of likely N-dealkylation sites (N-methyl/N-ethyl adjacent to an activating group) is 1. The molecule has 1 aromatic heterocycles. The van der Waals surface area contributed by atoms with Gasteiger partial charge in [-0.05, 0) is 26.0 Å². The van der Waals surface area contributed by atoms with Crippen LogP contribution in [0.3, 0.4) is 0 Å². The first-order valence-electron chi connectivity index (χ1n) is 9.40. The van der Waals surface area contributed by atoms with Crippen molar-refractivity contribution in [2.45, 2.75) is 13.8 Å². The van der Waals surface area contributed by atoms with E-state index in [1.165, 1.54) is 0 Å². The molecule has 1 fully saturated rings. The van der Waals surface area contributed by atoms with Gasteiger partial charge in [-0.2, -0.15) is 0 Å². The van der Waals surface area contributed by atoms with Gasteiger partial charge in [0, 0.05) is 38.3 Å². The van der Waals surface area contributed by atoms with Gasteiger partial charge in [-0.15, -0.1) is 0 Å². The largest absolute Gasteiger partial charge is 0.355 e. The van der Waals surface area contributed by atoms with Crippen LogP contribution in [0.4, 0.5) is 0 Å². The molecule has 3 rings (SSSR count). The van der Waals surface area contributed by atoms with Crippen LogP contribution in [0.2, 0.25) is 0 Å². The van der Waals surface area contributed by atoms with Crippen LogP contribution in [-0.4, -0.2) is 65.9 Å². The lowest BCUT2D eigenvalue weighted by molar-refractivity contribution is -0.122. The zero-order chi connectivity index (χ0) is 19.2. The van der Waals surface area contributed by atoms with Crippen molar-refractivity contribution in [1.82, 2.24) is 20.1 Å². The molecule has 0 spiro atoms. The first-order chi connectivity index (χ1) is 13.1. The maximum atomic E-state index is 12.9. The Labute approximate surface area is 160 Å². The number of piperazine rings is 1. The summed E-state index contributed by atoms with van der Waals surface area (Å²) in [5.74, 6) is 0.0473. The second kappa shape index (κ2) is 8.77. The molecule has 1 N–H and O–H groups in total. The molecular formula is C21H26N4O2. The van der Waals surface area contributed by atoms with E-state index in [1.54, 1.807) is 0 Å². The fourth-order valence-electron chi connectivity index (χ4n) is 3.29. The third-order valence-corrected chi connectivity index (χ3v) is 4.79. The first-order valence-corrected chi connectivity index (χ1v) is 9.40. The molecule has 1 aliphatic heterocycles. The number of hydrogen-bond acceptors (Lipinski definition) is 4. The van der Waals surface area contributed by atoms with Crippen molar-refractivity contribution in [2.75, 3.05) is 39.3 Å². The van der Waals surface area contributed by atoms with Crippen LogP contribution >= 0.6 is 0 Å². The number of aryl methyl sites for hydroxylation is 1. The first kappa shape index (κ1) is 19.0. The van der Waals surface area contributed by atoms with Crippen LogP contribution in [0.15, 0.2) is 42.5 Å². The highest BCUT2D eigenvalue weighted by molar-refractivity contribution is 5.95. The van der Waals surface area contributed by atoms with E-state index in [9.17, 15) is 9.59 Å². The van der Waals surface area contributed by atoms with Crippen molar-refractivity contribution in [3.05, 3.63) is 53.7 Å². The molecule has 0 radical (unpaired) electrons. The summed E-state index contributed by atoms with van der Waals surface area (Å²) in [5, 5.41) is 2.81. The van der Waals surface area contributed by atoms with Crippen molar-refractivity contribution in [3.8, 4) is 11.3 Å². The van der Waals surface area contributed by atoms with Crippen LogP contribution in [0.5, 0.6) is 0 Å². The van der Waals surface area contributed by atoms with Gasteiger partial charge in [-0.1, -0.05) is 30.3 Å². The summed E-state index contributed by atoms with van der Waals surface area (Å²) in [6.45, 7) is 7.48. The average Bonchev–Trinajstić information content (AvgIpc) is 2.69. The van der Waals surface area contributed by atoms with Crippen molar-refractivity contribution in [1.29, 1.82) is 0 Å². The second-order valence-corrected chi connectivity index (χ2v) is 6.72.